The number of ether oxygens (including phenoxy) is 1. The highest BCUT2D eigenvalue weighted by Gasteiger charge is 2.15. The standard InChI is InChI=1S/C22H18ClN3O3S/c23-17-7-5-15(6-8-17)9-11-25-19-4-2-1-3-18(19)22(28)29-14-20(27)26-21-16(13-24)10-12-30-21/h1-8,10,12,25H,9,11,14H2,(H,26,27). The molecule has 0 saturated heterocycles. The lowest BCUT2D eigenvalue weighted by molar-refractivity contribution is -0.119. The predicted octanol–water partition coefficient (Wildman–Crippen LogP) is 4.72. The number of hydrogen-bond acceptors (Lipinski definition) is 6. The van der Waals surface area contributed by atoms with Crippen LogP contribution in [0.2, 0.25) is 5.02 Å². The Hall–Kier alpha value is -3.34. The molecule has 3 aromatic rings. The number of nitriles is 1. The van der Waals surface area contributed by atoms with Gasteiger partial charge in [0.25, 0.3) is 5.91 Å². The fourth-order valence-electron chi connectivity index (χ4n) is 2.67. The number of nitrogens with zero attached hydrogens (tertiary/aromatic N) is 1. The third-order valence-electron chi connectivity index (χ3n) is 4.16. The van der Waals surface area contributed by atoms with Crippen molar-refractivity contribution in [1.82, 2.24) is 0 Å². The van der Waals surface area contributed by atoms with Crippen LogP contribution >= 0.6 is 22.9 Å². The minimum Gasteiger partial charge on any atom is -0.452 e. The Bertz CT molecular complexity index is 1070. The van der Waals surface area contributed by atoms with E-state index in [-0.39, 0.29) is 0 Å². The van der Waals surface area contributed by atoms with Gasteiger partial charge in [-0.3, -0.25) is 4.79 Å². The van der Waals surface area contributed by atoms with E-state index in [0.29, 0.717) is 33.4 Å². The number of para-hydroxylation sites is 1. The third-order valence-corrected chi connectivity index (χ3v) is 5.24. The van der Waals surface area contributed by atoms with Crippen molar-refractivity contribution in [2.75, 3.05) is 23.8 Å². The molecule has 0 aliphatic carbocycles. The number of halogens is 1. The van der Waals surface area contributed by atoms with E-state index < -0.39 is 18.5 Å². The molecule has 0 unspecified atom stereocenters. The topological polar surface area (TPSA) is 91.2 Å². The van der Waals surface area contributed by atoms with Crippen molar-refractivity contribution in [1.29, 1.82) is 5.26 Å². The molecule has 152 valence electrons. The molecule has 0 radical (unpaired) electrons. The Morgan fingerprint density at radius 1 is 1.10 bits per heavy atom. The normalized spacial score (nSPS) is 10.1. The maximum Gasteiger partial charge on any atom is 0.340 e. The number of esters is 1. The van der Waals surface area contributed by atoms with E-state index in [9.17, 15) is 9.59 Å². The summed E-state index contributed by atoms with van der Waals surface area (Å²) in [7, 11) is 0. The molecule has 0 saturated carbocycles. The predicted molar refractivity (Wildman–Crippen MR) is 118 cm³/mol. The van der Waals surface area contributed by atoms with Crippen molar-refractivity contribution < 1.29 is 14.3 Å². The maximum absolute atomic E-state index is 12.5. The fraction of sp³-hybridized carbons (Fsp3) is 0.136. The van der Waals surface area contributed by atoms with E-state index in [0.717, 1.165) is 12.0 Å². The van der Waals surface area contributed by atoms with Crippen LogP contribution in [-0.4, -0.2) is 25.0 Å². The monoisotopic (exact) mass is 439 g/mol. The fourth-order valence-corrected chi connectivity index (χ4v) is 3.55. The summed E-state index contributed by atoms with van der Waals surface area (Å²) in [6.45, 7) is 0.169. The Morgan fingerprint density at radius 3 is 2.63 bits per heavy atom. The number of nitrogens with one attached hydrogen (secondary N) is 2. The summed E-state index contributed by atoms with van der Waals surface area (Å²) in [5.74, 6) is -1.11. The average molecular weight is 440 g/mol. The van der Waals surface area contributed by atoms with Gasteiger partial charge in [0.15, 0.2) is 6.61 Å². The first-order valence-electron chi connectivity index (χ1n) is 9.08. The molecule has 1 amide bonds. The lowest BCUT2D eigenvalue weighted by Crippen LogP contribution is -2.21. The van der Waals surface area contributed by atoms with E-state index in [1.807, 2.05) is 36.4 Å². The SMILES string of the molecule is N#Cc1ccsc1NC(=O)COC(=O)c1ccccc1NCCc1ccc(Cl)cc1. The first-order valence-corrected chi connectivity index (χ1v) is 10.3. The van der Waals surface area contributed by atoms with Gasteiger partial charge in [-0.1, -0.05) is 35.9 Å². The van der Waals surface area contributed by atoms with Crippen LogP contribution in [0.5, 0.6) is 0 Å². The summed E-state index contributed by atoms with van der Waals surface area (Å²) >= 11 is 7.13. The number of amides is 1. The molecule has 0 bridgehead atoms. The first kappa shape index (κ1) is 21.4. The van der Waals surface area contributed by atoms with Gasteiger partial charge in [-0.05, 0) is 47.7 Å². The van der Waals surface area contributed by atoms with Gasteiger partial charge in [0, 0.05) is 17.3 Å². The molecular weight excluding hydrogens is 422 g/mol. The highest BCUT2D eigenvalue weighted by molar-refractivity contribution is 7.14. The van der Waals surface area contributed by atoms with Gasteiger partial charge in [-0.25, -0.2) is 4.79 Å². The van der Waals surface area contributed by atoms with Gasteiger partial charge in [0.1, 0.15) is 11.1 Å². The molecular formula is C22H18ClN3O3S. The molecule has 3 rings (SSSR count). The first-order chi connectivity index (χ1) is 14.6. The minimum absolute atomic E-state index is 0.343. The zero-order valence-electron chi connectivity index (χ0n) is 15.9. The summed E-state index contributed by atoms with van der Waals surface area (Å²) in [5.41, 5.74) is 2.46. The molecule has 6 nitrogen and oxygen atoms in total. The van der Waals surface area contributed by atoms with E-state index in [4.69, 9.17) is 21.6 Å². The van der Waals surface area contributed by atoms with Crippen LogP contribution in [-0.2, 0) is 16.0 Å². The van der Waals surface area contributed by atoms with Crippen LogP contribution in [0.4, 0.5) is 10.7 Å². The van der Waals surface area contributed by atoms with Crippen molar-refractivity contribution in [3.8, 4) is 6.07 Å². The Balaban J connectivity index is 1.53. The highest BCUT2D eigenvalue weighted by Crippen LogP contribution is 2.22. The van der Waals surface area contributed by atoms with Crippen molar-refractivity contribution in [2.24, 2.45) is 0 Å². The van der Waals surface area contributed by atoms with Gasteiger partial charge >= 0.3 is 5.97 Å². The number of anilines is 2. The van der Waals surface area contributed by atoms with E-state index in [2.05, 4.69) is 10.6 Å². The number of benzene rings is 2. The summed E-state index contributed by atoms with van der Waals surface area (Å²) < 4.78 is 5.15. The molecule has 0 spiro atoms. The number of hydrogen-bond donors (Lipinski definition) is 2. The highest BCUT2D eigenvalue weighted by atomic mass is 35.5. The maximum atomic E-state index is 12.5. The number of thiophene rings is 1. The zero-order valence-corrected chi connectivity index (χ0v) is 17.4. The second kappa shape index (κ2) is 10.4. The lowest BCUT2D eigenvalue weighted by atomic mass is 10.1. The van der Waals surface area contributed by atoms with E-state index in [1.165, 1.54) is 11.3 Å². The largest absolute Gasteiger partial charge is 0.452 e. The Labute approximate surface area is 183 Å². The smallest absolute Gasteiger partial charge is 0.340 e. The van der Waals surface area contributed by atoms with Crippen LogP contribution in [0, 0.1) is 11.3 Å². The lowest BCUT2D eigenvalue weighted by Gasteiger charge is -2.12. The molecule has 0 fully saturated rings. The van der Waals surface area contributed by atoms with Crippen molar-refractivity contribution in [3.05, 3.63) is 81.7 Å². The van der Waals surface area contributed by atoms with E-state index in [1.54, 1.807) is 29.6 Å². The quantitative estimate of drug-likeness (QED) is 0.495. The molecule has 0 aliphatic heterocycles. The second-order valence-corrected chi connectivity index (χ2v) is 7.60. The van der Waals surface area contributed by atoms with Crippen LogP contribution in [0.1, 0.15) is 21.5 Å². The Morgan fingerprint density at radius 2 is 1.87 bits per heavy atom. The summed E-state index contributed by atoms with van der Waals surface area (Å²) in [5, 5.41) is 17.6. The van der Waals surface area contributed by atoms with Crippen LogP contribution in [0.3, 0.4) is 0 Å². The molecule has 0 atom stereocenters. The van der Waals surface area contributed by atoms with Gasteiger partial charge in [0.2, 0.25) is 0 Å². The molecule has 1 heterocycles. The number of carbonyl (C=O) groups excluding carboxylic acids is 2. The molecule has 1 aromatic heterocycles. The molecule has 30 heavy (non-hydrogen) atoms. The molecule has 2 aromatic carbocycles. The van der Waals surface area contributed by atoms with Crippen LogP contribution < -0.4 is 10.6 Å². The summed E-state index contributed by atoms with van der Waals surface area (Å²) in [6.07, 6.45) is 0.755. The molecule has 8 heteroatoms. The second-order valence-electron chi connectivity index (χ2n) is 6.25. The van der Waals surface area contributed by atoms with Crippen LogP contribution in [0.25, 0.3) is 0 Å². The minimum atomic E-state index is -0.605. The van der Waals surface area contributed by atoms with Gasteiger partial charge in [-0.15, -0.1) is 11.3 Å². The van der Waals surface area contributed by atoms with Gasteiger partial charge in [-0.2, -0.15) is 5.26 Å². The molecule has 0 aliphatic rings. The van der Waals surface area contributed by atoms with Crippen molar-refractivity contribution in [2.45, 2.75) is 6.42 Å². The summed E-state index contributed by atoms with van der Waals surface area (Å²) in [4.78, 5) is 24.5. The van der Waals surface area contributed by atoms with Gasteiger partial charge in [0.05, 0.1) is 11.1 Å². The van der Waals surface area contributed by atoms with Gasteiger partial charge < -0.3 is 15.4 Å². The Kier molecular flexibility index (Phi) is 7.44. The van der Waals surface area contributed by atoms with E-state index >= 15 is 0 Å². The summed E-state index contributed by atoms with van der Waals surface area (Å²) in [6, 6.07) is 18.1. The molecule has 2 N–H and O–H groups in total. The van der Waals surface area contributed by atoms with Crippen LogP contribution in [0.15, 0.2) is 60.0 Å². The number of carbonyl (C=O) groups is 2. The zero-order chi connectivity index (χ0) is 21.3. The third kappa shape index (κ3) is 5.83. The average Bonchev–Trinajstić information content (AvgIpc) is 3.21. The van der Waals surface area contributed by atoms with Crippen molar-refractivity contribution >= 4 is 45.5 Å². The number of rotatable bonds is 8. The van der Waals surface area contributed by atoms with Crippen molar-refractivity contribution in [3.63, 3.8) is 0 Å².